The first-order valence-corrected chi connectivity index (χ1v) is 8.22. The molecule has 1 fully saturated rings. The van der Waals surface area contributed by atoms with Gasteiger partial charge < -0.3 is 5.11 Å². The van der Waals surface area contributed by atoms with Crippen molar-refractivity contribution < 1.29 is 17.7 Å². The molecule has 0 spiro atoms. The zero-order valence-electron chi connectivity index (χ0n) is 10.5. The van der Waals surface area contributed by atoms with E-state index in [1.807, 2.05) is 0 Å². The summed E-state index contributed by atoms with van der Waals surface area (Å²) in [5.41, 5.74) is 0.846. The van der Waals surface area contributed by atoms with Gasteiger partial charge in [0.1, 0.15) is 5.15 Å². The molecule has 0 saturated heterocycles. The van der Waals surface area contributed by atoms with Crippen LogP contribution in [0.3, 0.4) is 0 Å². The third kappa shape index (κ3) is 4.14. The van der Waals surface area contributed by atoms with Gasteiger partial charge in [0.2, 0.25) is 0 Å². The van der Waals surface area contributed by atoms with E-state index in [4.69, 9.17) is 15.8 Å². The maximum atomic E-state index is 11.2. The van der Waals surface area contributed by atoms with Gasteiger partial charge in [-0.2, -0.15) is 8.42 Å². The van der Waals surface area contributed by atoms with Crippen molar-refractivity contribution in [3.8, 4) is 0 Å². The average Bonchev–Trinajstić information content (AvgIpc) is 2.31. The molecule has 0 bridgehead atoms. The molecular formula is C12H16ClNO4S. The molecule has 5 nitrogen and oxygen atoms in total. The molecule has 7 heteroatoms. The van der Waals surface area contributed by atoms with Gasteiger partial charge in [0.15, 0.2) is 0 Å². The molecule has 19 heavy (non-hydrogen) atoms. The summed E-state index contributed by atoms with van der Waals surface area (Å²) in [6.45, 7) is 0. The number of hydrogen-bond acceptors (Lipinski definition) is 5. The van der Waals surface area contributed by atoms with Gasteiger partial charge in [-0.1, -0.05) is 17.7 Å². The van der Waals surface area contributed by atoms with Gasteiger partial charge >= 0.3 is 0 Å². The molecule has 3 atom stereocenters. The van der Waals surface area contributed by atoms with E-state index < -0.39 is 16.2 Å². The van der Waals surface area contributed by atoms with Crippen molar-refractivity contribution in [2.75, 3.05) is 6.26 Å². The summed E-state index contributed by atoms with van der Waals surface area (Å²) in [4.78, 5) is 3.98. The van der Waals surface area contributed by atoms with Crippen LogP contribution < -0.4 is 0 Å². The molecule has 1 N–H and O–H groups in total. The van der Waals surface area contributed by atoms with Crippen LogP contribution >= 0.6 is 11.6 Å². The summed E-state index contributed by atoms with van der Waals surface area (Å²) in [5, 5.41) is 10.4. The second-order valence-corrected chi connectivity index (χ2v) is 6.81. The second kappa shape index (κ2) is 5.75. The molecule has 0 amide bonds. The average molecular weight is 306 g/mol. The lowest BCUT2D eigenvalue weighted by atomic mass is 9.81. The number of aromatic nitrogens is 1. The Morgan fingerprint density at radius 2 is 2.16 bits per heavy atom. The summed E-state index contributed by atoms with van der Waals surface area (Å²) in [6, 6.07) is 3.46. The third-order valence-electron chi connectivity index (χ3n) is 3.25. The minimum atomic E-state index is -3.47. The Hall–Kier alpha value is -0.690. The fourth-order valence-electron chi connectivity index (χ4n) is 2.42. The number of halogens is 1. The Balaban J connectivity index is 2.12. The first kappa shape index (κ1) is 14.7. The van der Waals surface area contributed by atoms with Crippen molar-refractivity contribution in [1.82, 2.24) is 4.98 Å². The van der Waals surface area contributed by atoms with E-state index in [0.717, 1.165) is 11.8 Å². The molecular weight excluding hydrogens is 290 g/mol. The van der Waals surface area contributed by atoms with Gasteiger partial charge in [-0.3, -0.25) is 4.18 Å². The van der Waals surface area contributed by atoms with Crippen molar-refractivity contribution >= 4 is 21.7 Å². The van der Waals surface area contributed by atoms with Crippen LogP contribution in [0.15, 0.2) is 18.3 Å². The van der Waals surface area contributed by atoms with Gasteiger partial charge in [-0.25, -0.2) is 4.98 Å². The summed E-state index contributed by atoms with van der Waals surface area (Å²) >= 11 is 5.73. The lowest BCUT2D eigenvalue weighted by Crippen LogP contribution is -2.32. The van der Waals surface area contributed by atoms with Crippen molar-refractivity contribution in [3.63, 3.8) is 0 Å². The Kier molecular flexibility index (Phi) is 4.45. The zero-order chi connectivity index (χ0) is 14.0. The topological polar surface area (TPSA) is 76.5 Å². The van der Waals surface area contributed by atoms with Crippen LogP contribution in [-0.2, 0) is 14.3 Å². The molecule has 1 heterocycles. The van der Waals surface area contributed by atoms with Crippen LogP contribution in [0, 0.1) is 0 Å². The van der Waals surface area contributed by atoms with E-state index in [1.165, 1.54) is 0 Å². The Morgan fingerprint density at radius 1 is 1.42 bits per heavy atom. The van der Waals surface area contributed by atoms with E-state index in [2.05, 4.69) is 4.98 Å². The van der Waals surface area contributed by atoms with Crippen LogP contribution in [-0.4, -0.2) is 37.0 Å². The molecule has 1 aliphatic carbocycles. The second-order valence-electron chi connectivity index (χ2n) is 4.82. The highest BCUT2D eigenvalue weighted by Gasteiger charge is 2.32. The summed E-state index contributed by atoms with van der Waals surface area (Å²) in [5.74, 6) is -0.176. The van der Waals surface area contributed by atoms with Gasteiger partial charge in [0, 0.05) is 12.1 Å². The van der Waals surface area contributed by atoms with Crippen molar-refractivity contribution in [2.45, 2.75) is 37.4 Å². The Morgan fingerprint density at radius 3 is 2.74 bits per heavy atom. The van der Waals surface area contributed by atoms with Gasteiger partial charge in [-0.05, 0) is 30.9 Å². The molecule has 0 unspecified atom stereocenters. The number of aliphatic hydroxyl groups excluding tert-OH is 1. The van der Waals surface area contributed by atoms with E-state index >= 15 is 0 Å². The van der Waals surface area contributed by atoms with E-state index in [1.54, 1.807) is 18.3 Å². The quantitative estimate of drug-likeness (QED) is 0.679. The van der Waals surface area contributed by atoms with E-state index in [0.29, 0.717) is 24.4 Å². The minimum absolute atomic E-state index is 0.176. The molecule has 0 aromatic carbocycles. The summed E-state index contributed by atoms with van der Waals surface area (Å²) < 4.78 is 27.3. The lowest BCUT2D eigenvalue weighted by Gasteiger charge is -2.32. The van der Waals surface area contributed by atoms with Gasteiger partial charge in [0.05, 0.1) is 18.5 Å². The van der Waals surface area contributed by atoms with E-state index in [9.17, 15) is 13.5 Å². The first-order chi connectivity index (χ1) is 8.85. The molecule has 0 aliphatic heterocycles. The zero-order valence-corrected chi connectivity index (χ0v) is 12.1. The van der Waals surface area contributed by atoms with Gasteiger partial charge in [0.25, 0.3) is 10.1 Å². The summed E-state index contributed by atoms with van der Waals surface area (Å²) in [7, 11) is -3.47. The van der Waals surface area contributed by atoms with Crippen molar-refractivity contribution in [2.24, 2.45) is 0 Å². The fraction of sp³-hybridized carbons (Fsp3) is 0.583. The molecule has 1 saturated carbocycles. The molecule has 1 aromatic rings. The Labute approximate surface area is 117 Å². The predicted molar refractivity (Wildman–Crippen MR) is 71.6 cm³/mol. The molecule has 106 valence electrons. The van der Waals surface area contributed by atoms with Crippen LogP contribution in [0.5, 0.6) is 0 Å². The Bertz CT molecular complexity index is 531. The number of hydrogen-bond donors (Lipinski definition) is 1. The molecule has 1 aromatic heterocycles. The molecule has 2 rings (SSSR count). The highest BCUT2D eigenvalue weighted by atomic mass is 35.5. The van der Waals surface area contributed by atoms with Crippen molar-refractivity contribution in [1.29, 1.82) is 0 Å². The predicted octanol–water partition coefficient (Wildman–Crippen LogP) is 1.71. The standard InChI is InChI=1S/C12H16ClNO4S/c1-19(16,17)18-9-3-4-11(15)10(6-9)8-2-5-12(13)14-7-8/h2,5,7,9-11,15H,3-4,6H2,1H3/t9-,10+,11-/m0/s1. The highest BCUT2D eigenvalue weighted by molar-refractivity contribution is 7.86. The van der Waals surface area contributed by atoms with Crippen LogP contribution in [0.25, 0.3) is 0 Å². The smallest absolute Gasteiger partial charge is 0.264 e. The number of pyridine rings is 1. The normalized spacial score (nSPS) is 28.3. The highest BCUT2D eigenvalue weighted by Crippen LogP contribution is 2.35. The maximum absolute atomic E-state index is 11.2. The number of rotatable bonds is 3. The first-order valence-electron chi connectivity index (χ1n) is 6.03. The summed E-state index contributed by atoms with van der Waals surface area (Å²) in [6.07, 6.45) is 3.24. The number of aliphatic hydroxyl groups is 1. The maximum Gasteiger partial charge on any atom is 0.264 e. The molecule has 0 radical (unpaired) electrons. The molecule has 1 aliphatic rings. The van der Waals surface area contributed by atoms with Crippen LogP contribution in [0.4, 0.5) is 0 Å². The van der Waals surface area contributed by atoms with E-state index in [-0.39, 0.29) is 12.0 Å². The minimum Gasteiger partial charge on any atom is -0.392 e. The van der Waals surface area contributed by atoms with Gasteiger partial charge in [-0.15, -0.1) is 0 Å². The monoisotopic (exact) mass is 305 g/mol. The van der Waals surface area contributed by atoms with Crippen LogP contribution in [0.1, 0.15) is 30.7 Å². The van der Waals surface area contributed by atoms with Crippen molar-refractivity contribution in [3.05, 3.63) is 29.0 Å². The fourth-order valence-corrected chi connectivity index (χ4v) is 3.20. The largest absolute Gasteiger partial charge is 0.392 e. The SMILES string of the molecule is CS(=O)(=O)O[C@H]1CC[C@H](O)[C@@H](c2ccc(Cl)nc2)C1. The third-order valence-corrected chi connectivity index (χ3v) is 4.10. The van der Waals surface area contributed by atoms with Crippen LogP contribution in [0.2, 0.25) is 5.15 Å². The lowest BCUT2D eigenvalue weighted by molar-refractivity contribution is 0.0498. The number of nitrogens with zero attached hydrogens (tertiary/aromatic N) is 1.